The van der Waals surface area contributed by atoms with Crippen molar-refractivity contribution >= 4 is 11.4 Å². The molecule has 0 amide bonds. The number of nitrogens with zero attached hydrogens (tertiary/aromatic N) is 1. The molecule has 0 aliphatic carbocycles. The number of anilines is 2. The van der Waals surface area contributed by atoms with Crippen LogP contribution in [0.1, 0.15) is 32.3 Å². The molecule has 1 aliphatic rings. The molecule has 0 bridgehead atoms. The standard InChI is InChI=1S/C15H24N2/c1-4-12(2)11-17(3)14-7-8-15-13(10-14)6-5-9-16-15/h7-8,10,12,16H,4-6,9,11H2,1-3H3. The fraction of sp³-hybridized carbons (Fsp3) is 0.600. The number of fused-ring (bicyclic) bond motifs is 1. The summed E-state index contributed by atoms with van der Waals surface area (Å²) in [4.78, 5) is 2.38. The summed E-state index contributed by atoms with van der Waals surface area (Å²) >= 11 is 0. The molecule has 0 radical (unpaired) electrons. The highest BCUT2D eigenvalue weighted by atomic mass is 15.1. The molecule has 2 heteroatoms. The first-order chi connectivity index (χ1) is 8.20. The van der Waals surface area contributed by atoms with Gasteiger partial charge in [-0.25, -0.2) is 0 Å². The van der Waals surface area contributed by atoms with Crippen molar-refractivity contribution < 1.29 is 0 Å². The summed E-state index contributed by atoms with van der Waals surface area (Å²) in [7, 11) is 2.20. The smallest absolute Gasteiger partial charge is 0.0374 e. The van der Waals surface area contributed by atoms with E-state index in [1.807, 2.05) is 0 Å². The van der Waals surface area contributed by atoms with E-state index in [-0.39, 0.29) is 0 Å². The first-order valence-corrected chi connectivity index (χ1v) is 6.78. The highest BCUT2D eigenvalue weighted by Crippen LogP contribution is 2.27. The zero-order valence-electron chi connectivity index (χ0n) is 11.3. The van der Waals surface area contributed by atoms with Crippen LogP contribution in [-0.2, 0) is 6.42 Å². The Kier molecular flexibility index (Phi) is 3.93. The van der Waals surface area contributed by atoms with Gasteiger partial charge in [-0.05, 0) is 42.5 Å². The summed E-state index contributed by atoms with van der Waals surface area (Å²) in [6.07, 6.45) is 3.72. The zero-order chi connectivity index (χ0) is 12.3. The highest BCUT2D eigenvalue weighted by molar-refractivity contribution is 5.61. The monoisotopic (exact) mass is 232 g/mol. The lowest BCUT2D eigenvalue weighted by Crippen LogP contribution is -2.24. The van der Waals surface area contributed by atoms with Gasteiger partial charge in [0.2, 0.25) is 0 Å². The second-order valence-corrected chi connectivity index (χ2v) is 5.27. The molecule has 0 saturated carbocycles. The maximum atomic E-state index is 3.46. The van der Waals surface area contributed by atoms with Crippen LogP contribution in [0.4, 0.5) is 11.4 Å². The largest absolute Gasteiger partial charge is 0.385 e. The molecule has 0 aromatic heterocycles. The van der Waals surface area contributed by atoms with Crippen LogP contribution < -0.4 is 10.2 Å². The third-order valence-electron chi connectivity index (χ3n) is 3.75. The van der Waals surface area contributed by atoms with E-state index < -0.39 is 0 Å². The molecule has 1 heterocycles. The zero-order valence-corrected chi connectivity index (χ0v) is 11.3. The van der Waals surface area contributed by atoms with Gasteiger partial charge < -0.3 is 10.2 Å². The van der Waals surface area contributed by atoms with Crippen molar-refractivity contribution in [1.29, 1.82) is 0 Å². The van der Waals surface area contributed by atoms with E-state index in [1.54, 1.807) is 0 Å². The molecule has 94 valence electrons. The Morgan fingerprint density at radius 3 is 3.00 bits per heavy atom. The molecule has 2 rings (SSSR count). The van der Waals surface area contributed by atoms with Gasteiger partial charge in [-0.1, -0.05) is 20.3 Å². The van der Waals surface area contributed by atoms with Gasteiger partial charge in [-0.2, -0.15) is 0 Å². The van der Waals surface area contributed by atoms with Gasteiger partial charge in [0.1, 0.15) is 0 Å². The van der Waals surface area contributed by atoms with E-state index >= 15 is 0 Å². The van der Waals surface area contributed by atoms with Gasteiger partial charge >= 0.3 is 0 Å². The van der Waals surface area contributed by atoms with Crippen molar-refractivity contribution in [2.75, 3.05) is 30.4 Å². The van der Waals surface area contributed by atoms with Crippen molar-refractivity contribution in [3.05, 3.63) is 23.8 Å². The Bertz CT molecular complexity index is 373. The van der Waals surface area contributed by atoms with Crippen LogP contribution in [0.5, 0.6) is 0 Å². The topological polar surface area (TPSA) is 15.3 Å². The van der Waals surface area contributed by atoms with Crippen molar-refractivity contribution in [2.45, 2.75) is 33.1 Å². The number of rotatable bonds is 4. The third kappa shape index (κ3) is 2.93. The Morgan fingerprint density at radius 1 is 1.41 bits per heavy atom. The molecule has 1 unspecified atom stereocenters. The summed E-state index contributed by atoms with van der Waals surface area (Å²) in [5.74, 6) is 0.758. The van der Waals surface area contributed by atoms with Crippen LogP contribution >= 0.6 is 0 Å². The molecule has 1 aliphatic heterocycles. The molecule has 0 spiro atoms. The van der Waals surface area contributed by atoms with E-state index in [1.165, 1.54) is 36.2 Å². The lowest BCUT2D eigenvalue weighted by atomic mass is 10.0. The first-order valence-electron chi connectivity index (χ1n) is 6.78. The van der Waals surface area contributed by atoms with Crippen LogP contribution in [0.15, 0.2) is 18.2 Å². The normalized spacial score (nSPS) is 15.9. The predicted octanol–water partition coefficient (Wildman–Crippen LogP) is 3.53. The molecular weight excluding hydrogens is 208 g/mol. The number of hydrogen-bond donors (Lipinski definition) is 1. The minimum Gasteiger partial charge on any atom is -0.385 e. The van der Waals surface area contributed by atoms with E-state index in [0.29, 0.717) is 0 Å². The third-order valence-corrected chi connectivity index (χ3v) is 3.75. The minimum absolute atomic E-state index is 0.758. The van der Waals surface area contributed by atoms with E-state index in [9.17, 15) is 0 Å². The molecule has 1 aromatic rings. The molecule has 1 N–H and O–H groups in total. The van der Waals surface area contributed by atoms with Crippen LogP contribution in [0, 0.1) is 5.92 Å². The average Bonchev–Trinajstić information content (AvgIpc) is 2.38. The molecule has 0 saturated heterocycles. The molecule has 2 nitrogen and oxygen atoms in total. The van der Waals surface area contributed by atoms with Crippen molar-refractivity contribution in [2.24, 2.45) is 5.92 Å². The Morgan fingerprint density at radius 2 is 2.24 bits per heavy atom. The lowest BCUT2D eigenvalue weighted by molar-refractivity contribution is 0.560. The summed E-state index contributed by atoms with van der Waals surface area (Å²) in [5, 5.41) is 3.46. The maximum Gasteiger partial charge on any atom is 0.0374 e. The molecule has 17 heavy (non-hydrogen) atoms. The molecule has 0 fully saturated rings. The van der Waals surface area contributed by atoms with Crippen molar-refractivity contribution in [3.8, 4) is 0 Å². The van der Waals surface area contributed by atoms with Gasteiger partial charge in [0.25, 0.3) is 0 Å². The van der Waals surface area contributed by atoms with Crippen molar-refractivity contribution in [3.63, 3.8) is 0 Å². The van der Waals surface area contributed by atoms with E-state index in [4.69, 9.17) is 0 Å². The Balaban J connectivity index is 2.10. The minimum atomic E-state index is 0.758. The Labute approximate surface area is 105 Å². The molecule has 1 aromatic carbocycles. The van der Waals surface area contributed by atoms with E-state index in [0.717, 1.165) is 19.0 Å². The molecular formula is C15H24N2. The Hall–Kier alpha value is -1.18. The van der Waals surface area contributed by atoms with Crippen LogP contribution in [0.3, 0.4) is 0 Å². The fourth-order valence-corrected chi connectivity index (χ4v) is 2.40. The quantitative estimate of drug-likeness (QED) is 0.854. The number of benzene rings is 1. The second-order valence-electron chi connectivity index (χ2n) is 5.27. The second kappa shape index (κ2) is 5.44. The van der Waals surface area contributed by atoms with E-state index in [2.05, 4.69) is 49.3 Å². The lowest BCUT2D eigenvalue weighted by Gasteiger charge is -2.25. The highest BCUT2D eigenvalue weighted by Gasteiger charge is 2.11. The van der Waals surface area contributed by atoms with Gasteiger partial charge in [0.05, 0.1) is 0 Å². The number of nitrogens with one attached hydrogen (secondary N) is 1. The summed E-state index contributed by atoms with van der Waals surface area (Å²) in [6.45, 7) is 6.84. The fourth-order valence-electron chi connectivity index (χ4n) is 2.40. The van der Waals surface area contributed by atoms with Crippen LogP contribution in [0.2, 0.25) is 0 Å². The van der Waals surface area contributed by atoms with Gasteiger partial charge in [0, 0.05) is 31.5 Å². The SMILES string of the molecule is CCC(C)CN(C)c1ccc2c(c1)CCCN2. The van der Waals surface area contributed by atoms with Crippen molar-refractivity contribution in [1.82, 2.24) is 0 Å². The molecule has 1 atom stereocenters. The number of aryl methyl sites for hydroxylation is 1. The van der Waals surface area contributed by atoms with Crippen LogP contribution in [-0.4, -0.2) is 20.1 Å². The first kappa shape index (κ1) is 12.3. The maximum absolute atomic E-state index is 3.46. The predicted molar refractivity (Wildman–Crippen MR) is 76.0 cm³/mol. The van der Waals surface area contributed by atoms with Gasteiger partial charge in [0.15, 0.2) is 0 Å². The number of hydrogen-bond acceptors (Lipinski definition) is 2. The summed E-state index contributed by atoms with van der Waals surface area (Å²) in [5.41, 5.74) is 4.16. The van der Waals surface area contributed by atoms with Crippen LogP contribution in [0.25, 0.3) is 0 Å². The summed E-state index contributed by atoms with van der Waals surface area (Å²) in [6, 6.07) is 6.82. The van der Waals surface area contributed by atoms with Gasteiger partial charge in [-0.3, -0.25) is 0 Å². The van der Waals surface area contributed by atoms with Gasteiger partial charge in [-0.15, -0.1) is 0 Å². The average molecular weight is 232 g/mol. The summed E-state index contributed by atoms with van der Waals surface area (Å²) < 4.78 is 0.